The lowest BCUT2D eigenvalue weighted by molar-refractivity contribution is -0.139. The number of aryl methyl sites for hydroxylation is 1. The van der Waals surface area contributed by atoms with Gasteiger partial charge in [0.2, 0.25) is 0 Å². The van der Waals surface area contributed by atoms with Crippen LogP contribution in [-0.4, -0.2) is 56.9 Å². The van der Waals surface area contributed by atoms with Crippen molar-refractivity contribution in [2.75, 3.05) is 32.2 Å². The Kier molecular flexibility index (Phi) is 11.9. The molecule has 0 bridgehead atoms. The third-order valence-electron chi connectivity index (χ3n) is 4.63. The van der Waals surface area contributed by atoms with Gasteiger partial charge in [0.1, 0.15) is 0 Å². The zero-order chi connectivity index (χ0) is 26.5. The summed E-state index contributed by atoms with van der Waals surface area (Å²) in [5.74, 6) is -1.25. The van der Waals surface area contributed by atoms with Gasteiger partial charge in [-0.05, 0) is 74.7 Å². The second kappa shape index (κ2) is 14.8. The van der Waals surface area contributed by atoms with E-state index in [0.717, 1.165) is 10.0 Å². The van der Waals surface area contributed by atoms with Gasteiger partial charge in [-0.1, -0.05) is 15.9 Å². The number of hydrogen-bond donors (Lipinski definition) is 3. The Morgan fingerprint density at radius 1 is 1.08 bits per heavy atom. The Labute approximate surface area is 218 Å². The van der Waals surface area contributed by atoms with Crippen molar-refractivity contribution in [3.8, 4) is 11.5 Å². The predicted octanol–water partition coefficient (Wildman–Crippen LogP) is 3.17. The summed E-state index contributed by atoms with van der Waals surface area (Å²) < 4.78 is 17.2. The number of nitrogens with one attached hydrogen (secondary N) is 3. The quantitative estimate of drug-likeness (QED) is 0.158. The van der Waals surface area contributed by atoms with Crippen LogP contribution in [0.15, 0.2) is 46.0 Å². The first-order valence-electron chi connectivity index (χ1n) is 11.3. The molecule has 0 aliphatic heterocycles. The molecular formula is C25H31BrN4O6. The summed E-state index contributed by atoms with van der Waals surface area (Å²) in [4.78, 5) is 35.9. The SMILES string of the molecule is COc1cc(/C=N\NC(=O)C(=O)NCCCOC(C)C)ccc1OCC(=O)Nc1ccc(Br)c(C)c1. The van der Waals surface area contributed by atoms with Crippen LogP contribution in [0.3, 0.4) is 0 Å². The fourth-order valence-electron chi connectivity index (χ4n) is 2.84. The molecule has 0 fully saturated rings. The maximum Gasteiger partial charge on any atom is 0.329 e. The van der Waals surface area contributed by atoms with Gasteiger partial charge in [0.25, 0.3) is 5.91 Å². The average molecular weight is 563 g/mol. The highest BCUT2D eigenvalue weighted by molar-refractivity contribution is 9.10. The number of benzene rings is 2. The van der Waals surface area contributed by atoms with Crippen LogP contribution in [0.2, 0.25) is 0 Å². The summed E-state index contributed by atoms with van der Waals surface area (Å²) >= 11 is 3.42. The number of methoxy groups -OCH3 is 1. The lowest BCUT2D eigenvalue weighted by Gasteiger charge is -2.12. The molecule has 2 rings (SSSR count). The van der Waals surface area contributed by atoms with Crippen LogP contribution in [0.5, 0.6) is 11.5 Å². The molecule has 0 saturated heterocycles. The van der Waals surface area contributed by atoms with Gasteiger partial charge >= 0.3 is 11.8 Å². The summed E-state index contributed by atoms with van der Waals surface area (Å²) in [5.41, 5.74) is 4.42. The van der Waals surface area contributed by atoms with E-state index in [-0.39, 0.29) is 18.6 Å². The molecule has 3 amide bonds. The molecule has 10 nitrogen and oxygen atoms in total. The third-order valence-corrected chi connectivity index (χ3v) is 5.52. The molecule has 0 aliphatic rings. The number of amides is 3. The van der Waals surface area contributed by atoms with Gasteiger partial charge in [-0.3, -0.25) is 14.4 Å². The first-order chi connectivity index (χ1) is 17.2. The number of halogens is 1. The molecule has 11 heteroatoms. The molecule has 0 heterocycles. The van der Waals surface area contributed by atoms with Crippen LogP contribution in [0.4, 0.5) is 5.69 Å². The second-order valence-electron chi connectivity index (χ2n) is 7.94. The van der Waals surface area contributed by atoms with E-state index in [0.29, 0.717) is 42.3 Å². The van der Waals surface area contributed by atoms with Crippen molar-refractivity contribution in [2.24, 2.45) is 5.10 Å². The second-order valence-corrected chi connectivity index (χ2v) is 8.79. The predicted molar refractivity (Wildman–Crippen MR) is 140 cm³/mol. The zero-order valence-electron chi connectivity index (χ0n) is 20.7. The zero-order valence-corrected chi connectivity index (χ0v) is 22.3. The number of hydrazone groups is 1. The Morgan fingerprint density at radius 3 is 2.56 bits per heavy atom. The van der Waals surface area contributed by atoms with Gasteiger partial charge in [0, 0.05) is 23.3 Å². The fourth-order valence-corrected chi connectivity index (χ4v) is 3.08. The van der Waals surface area contributed by atoms with Crippen molar-refractivity contribution in [1.82, 2.24) is 10.7 Å². The number of carbonyl (C=O) groups is 3. The van der Waals surface area contributed by atoms with Gasteiger partial charge in [0.15, 0.2) is 18.1 Å². The van der Waals surface area contributed by atoms with E-state index >= 15 is 0 Å². The van der Waals surface area contributed by atoms with Crippen molar-refractivity contribution < 1.29 is 28.6 Å². The minimum atomic E-state index is -0.880. The number of carbonyl (C=O) groups excluding carboxylic acids is 3. The summed E-state index contributed by atoms with van der Waals surface area (Å²) in [6, 6.07) is 10.4. The number of anilines is 1. The maximum atomic E-state index is 12.2. The molecule has 0 unspecified atom stereocenters. The minimum Gasteiger partial charge on any atom is -0.493 e. The van der Waals surface area contributed by atoms with Gasteiger partial charge in [-0.2, -0.15) is 5.10 Å². The Hall–Kier alpha value is -3.44. The molecule has 0 atom stereocenters. The number of hydrogen-bond acceptors (Lipinski definition) is 7. The molecule has 0 saturated carbocycles. The van der Waals surface area contributed by atoms with E-state index in [9.17, 15) is 14.4 Å². The highest BCUT2D eigenvalue weighted by atomic mass is 79.9. The summed E-state index contributed by atoms with van der Waals surface area (Å²) in [6.07, 6.45) is 2.07. The molecule has 2 aromatic carbocycles. The molecule has 36 heavy (non-hydrogen) atoms. The normalized spacial score (nSPS) is 10.8. The van der Waals surface area contributed by atoms with Gasteiger partial charge < -0.3 is 24.8 Å². The van der Waals surface area contributed by atoms with E-state index in [1.165, 1.54) is 13.3 Å². The van der Waals surface area contributed by atoms with E-state index in [4.69, 9.17) is 14.2 Å². The van der Waals surface area contributed by atoms with E-state index < -0.39 is 11.8 Å². The summed E-state index contributed by atoms with van der Waals surface area (Å²) in [7, 11) is 1.46. The van der Waals surface area contributed by atoms with E-state index in [1.54, 1.807) is 24.3 Å². The van der Waals surface area contributed by atoms with Crippen LogP contribution in [0.25, 0.3) is 0 Å². The topological polar surface area (TPSA) is 127 Å². The molecule has 0 radical (unpaired) electrons. The molecule has 0 aliphatic carbocycles. The number of nitrogens with zero attached hydrogens (tertiary/aromatic N) is 1. The van der Waals surface area contributed by atoms with Crippen LogP contribution in [0, 0.1) is 6.92 Å². The summed E-state index contributed by atoms with van der Waals surface area (Å²) in [5, 5.41) is 9.07. The number of ether oxygens (including phenoxy) is 3. The Balaban J connectivity index is 1.82. The molecular weight excluding hydrogens is 532 g/mol. The van der Waals surface area contributed by atoms with Crippen molar-refractivity contribution in [3.05, 3.63) is 52.0 Å². The first kappa shape index (κ1) is 28.8. The fraction of sp³-hybridized carbons (Fsp3) is 0.360. The van der Waals surface area contributed by atoms with Crippen molar-refractivity contribution in [3.63, 3.8) is 0 Å². The molecule has 0 spiro atoms. The lowest BCUT2D eigenvalue weighted by Crippen LogP contribution is -2.38. The van der Waals surface area contributed by atoms with Crippen LogP contribution in [0.1, 0.15) is 31.4 Å². The Morgan fingerprint density at radius 2 is 1.86 bits per heavy atom. The molecule has 0 aromatic heterocycles. The highest BCUT2D eigenvalue weighted by Crippen LogP contribution is 2.27. The Bertz CT molecular complexity index is 1090. The summed E-state index contributed by atoms with van der Waals surface area (Å²) in [6.45, 7) is 6.38. The van der Waals surface area contributed by atoms with Crippen molar-refractivity contribution in [2.45, 2.75) is 33.3 Å². The van der Waals surface area contributed by atoms with Crippen LogP contribution < -0.4 is 25.5 Å². The lowest BCUT2D eigenvalue weighted by atomic mass is 10.2. The first-order valence-corrected chi connectivity index (χ1v) is 12.1. The number of rotatable bonds is 12. The monoisotopic (exact) mass is 562 g/mol. The smallest absolute Gasteiger partial charge is 0.329 e. The third kappa shape index (κ3) is 10.0. The van der Waals surface area contributed by atoms with E-state index in [2.05, 4.69) is 37.1 Å². The standard InChI is InChI=1S/C25H31BrN4O6/c1-16(2)35-11-5-10-27-24(32)25(33)30-28-14-18-6-9-21(22(13-18)34-4)36-15-23(31)29-19-7-8-20(26)17(3)12-19/h6-9,12-14,16H,5,10-11,15H2,1-4H3,(H,27,32)(H,29,31)(H,30,33)/b28-14-. The average Bonchev–Trinajstić information content (AvgIpc) is 2.84. The maximum absolute atomic E-state index is 12.2. The molecule has 3 N–H and O–H groups in total. The largest absolute Gasteiger partial charge is 0.493 e. The van der Waals surface area contributed by atoms with Gasteiger partial charge in [-0.25, -0.2) is 5.43 Å². The minimum absolute atomic E-state index is 0.115. The van der Waals surface area contributed by atoms with Gasteiger partial charge in [-0.15, -0.1) is 0 Å². The highest BCUT2D eigenvalue weighted by Gasteiger charge is 2.12. The van der Waals surface area contributed by atoms with Crippen molar-refractivity contribution in [1.29, 1.82) is 0 Å². The van der Waals surface area contributed by atoms with Crippen LogP contribution in [-0.2, 0) is 19.1 Å². The molecule has 194 valence electrons. The van der Waals surface area contributed by atoms with Crippen LogP contribution >= 0.6 is 15.9 Å². The molecule has 2 aromatic rings. The van der Waals surface area contributed by atoms with E-state index in [1.807, 2.05) is 32.9 Å². The van der Waals surface area contributed by atoms with Crippen molar-refractivity contribution >= 4 is 45.6 Å². The van der Waals surface area contributed by atoms with Gasteiger partial charge in [0.05, 0.1) is 19.4 Å².